The zero-order chi connectivity index (χ0) is 10.6. The molecule has 5 heteroatoms. The summed E-state index contributed by atoms with van der Waals surface area (Å²) in [5, 5.41) is 11.6. The van der Waals surface area contributed by atoms with Crippen molar-refractivity contribution in [3.8, 4) is 0 Å². The van der Waals surface area contributed by atoms with E-state index in [-0.39, 0.29) is 5.91 Å². The quantitative estimate of drug-likeness (QED) is 0.878. The van der Waals surface area contributed by atoms with Crippen LogP contribution in [0.3, 0.4) is 0 Å². The fourth-order valence-corrected chi connectivity index (χ4v) is 2.41. The van der Waals surface area contributed by atoms with Crippen molar-refractivity contribution < 1.29 is 9.90 Å². The van der Waals surface area contributed by atoms with Crippen LogP contribution >= 0.6 is 27.3 Å². The van der Waals surface area contributed by atoms with Gasteiger partial charge in [-0.25, -0.2) is 0 Å². The Morgan fingerprint density at radius 2 is 2.43 bits per heavy atom. The number of aliphatic hydroxyl groups is 1. The first-order valence-electron chi connectivity index (χ1n) is 4.27. The molecule has 0 bridgehead atoms. The molecule has 0 radical (unpaired) electrons. The Morgan fingerprint density at radius 3 is 2.93 bits per heavy atom. The third-order valence-electron chi connectivity index (χ3n) is 1.56. The van der Waals surface area contributed by atoms with E-state index in [1.165, 1.54) is 0 Å². The smallest absolute Gasteiger partial charge is 0.225 e. The van der Waals surface area contributed by atoms with Crippen molar-refractivity contribution in [2.45, 2.75) is 19.4 Å². The van der Waals surface area contributed by atoms with Gasteiger partial charge in [-0.15, -0.1) is 11.3 Å². The molecule has 1 aromatic rings. The molecular weight excluding hydrogens is 266 g/mol. The Kier molecular flexibility index (Phi) is 4.57. The second-order valence-corrected chi connectivity index (χ2v) is 5.58. The van der Waals surface area contributed by atoms with Crippen LogP contribution in [0.1, 0.15) is 11.8 Å². The lowest BCUT2D eigenvalue weighted by atomic mass is 10.3. The van der Waals surface area contributed by atoms with Crippen molar-refractivity contribution in [3.63, 3.8) is 0 Å². The maximum Gasteiger partial charge on any atom is 0.225 e. The van der Waals surface area contributed by atoms with Crippen molar-refractivity contribution in [2.24, 2.45) is 0 Å². The first kappa shape index (κ1) is 11.7. The Balaban J connectivity index is 2.34. The molecule has 0 aliphatic heterocycles. The number of carbonyl (C=O) groups is 1. The maximum atomic E-state index is 11.3. The molecule has 0 fully saturated rings. The number of nitrogens with one attached hydrogen (secondary N) is 1. The predicted octanol–water partition coefficient (Wildman–Crippen LogP) is 1.55. The molecule has 1 atom stereocenters. The molecule has 0 aliphatic rings. The van der Waals surface area contributed by atoms with Crippen LogP contribution in [0.25, 0.3) is 0 Å². The lowest BCUT2D eigenvalue weighted by Crippen LogP contribution is -2.31. The van der Waals surface area contributed by atoms with Gasteiger partial charge in [0.15, 0.2) is 0 Å². The van der Waals surface area contributed by atoms with E-state index in [0.29, 0.717) is 13.0 Å². The van der Waals surface area contributed by atoms with E-state index < -0.39 is 6.10 Å². The number of amides is 1. The zero-order valence-electron chi connectivity index (χ0n) is 7.79. The molecule has 0 saturated heterocycles. The highest BCUT2D eigenvalue weighted by Crippen LogP contribution is 2.22. The van der Waals surface area contributed by atoms with E-state index in [2.05, 4.69) is 21.2 Å². The number of hydrogen-bond acceptors (Lipinski definition) is 3. The van der Waals surface area contributed by atoms with Crippen LogP contribution in [-0.4, -0.2) is 23.7 Å². The maximum absolute atomic E-state index is 11.3. The summed E-state index contributed by atoms with van der Waals surface area (Å²) < 4.78 is 1.02. The molecule has 0 spiro atoms. The summed E-state index contributed by atoms with van der Waals surface area (Å²) >= 11 is 4.87. The van der Waals surface area contributed by atoms with Crippen LogP contribution in [0.2, 0.25) is 0 Å². The average Bonchev–Trinajstić information content (AvgIpc) is 2.48. The van der Waals surface area contributed by atoms with Crippen LogP contribution in [0, 0.1) is 0 Å². The largest absolute Gasteiger partial charge is 0.392 e. The van der Waals surface area contributed by atoms with Gasteiger partial charge in [0.05, 0.1) is 16.3 Å². The van der Waals surface area contributed by atoms with E-state index in [4.69, 9.17) is 5.11 Å². The predicted molar refractivity (Wildman–Crippen MR) is 60.4 cm³/mol. The highest BCUT2D eigenvalue weighted by molar-refractivity contribution is 9.11. The number of hydrogen-bond donors (Lipinski definition) is 2. The summed E-state index contributed by atoms with van der Waals surface area (Å²) in [6.07, 6.45) is -0.114. The number of aliphatic hydroxyl groups excluding tert-OH is 1. The SMILES string of the molecule is CC(O)CNC(=O)Cc1ccc(Br)s1. The molecule has 1 aromatic heterocycles. The molecule has 0 aliphatic carbocycles. The highest BCUT2D eigenvalue weighted by atomic mass is 79.9. The zero-order valence-corrected chi connectivity index (χ0v) is 10.2. The van der Waals surface area contributed by atoms with Gasteiger partial charge in [0.1, 0.15) is 0 Å². The van der Waals surface area contributed by atoms with Gasteiger partial charge < -0.3 is 10.4 Å². The third kappa shape index (κ3) is 4.21. The van der Waals surface area contributed by atoms with Crippen LogP contribution in [-0.2, 0) is 11.2 Å². The van der Waals surface area contributed by atoms with Gasteiger partial charge in [-0.1, -0.05) is 0 Å². The number of halogens is 1. The normalized spacial score (nSPS) is 12.5. The summed E-state index contributed by atoms with van der Waals surface area (Å²) in [4.78, 5) is 12.3. The summed E-state index contributed by atoms with van der Waals surface area (Å²) in [7, 11) is 0. The molecule has 1 rings (SSSR count). The van der Waals surface area contributed by atoms with Gasteiger partial charge in [0.2, 0.25) is 5.91 Å². The topological polar surface area (TPSA) is 49.3 Å². The second kappa shape index (κ2) is 5.48. The Labute approximate surface area is 95.3 Å². The third-order valence-corrected chi connectivity index (χ3v) is 3.18. The number of carbonyl (C=O) groups excluding carboxylic acids is 1. The molecule has 0 aromatic carbocycles. The summed E-state index contributed by atoms with van der Waals surface area (Å²) in [6.45, 7) is 1.95. The van der Waals surface area contributed by atoms with Crippen molar-refractivity contribution >= 4 is 33.2 Å². The molecule has 78 valence electrons. The molecule has 14 heavy (non-hydrogen) atoms. The molecular formula is C9H12BrNO2S. The van der Waals surface area contributed by atoms with Gasteiger partial charge in [0, 0.05) is 11.4 Å². The summed E-state index contributed by atoms with van der Waals surface area (Å²) in [5.41, 5.74) is 0. The minimum atomic E-state index is -0.492. The summed E-state index contributed by atoms with van der Waals surface area (Å²) in [5.74, 6) is -0.0553. The van der Waals surface area contributed by atoms with E-state index in [0.717, 1.165) is 8.66 Å². The van der Waals surface area contributed by atoms with Gasteiger partial charge in [-0.3, -0.25) is 4.79 Å². The number of rotatable bonds is 4. The van der Waals surface area contributed by atoms with Crippen LogP contribution in [0.4, 0.5) is 0 Å². The molecule has 1 heterocycles. The lowest BCUT2D eigenvalue weighted by Gasteiger charge is -2.05. The molecule has 2 N–H and O–H groups in total. The van der Waals surface area contributed by atoms with Gasteiger partial charge in [0.25, 0.3) is 0 Å². The fourth-order valence-electron chi connectivity index (χ4n) is 0.929. The minimum Gasteiger partial charge on any atom is -0.392 e. The Hall–Kier alpha value is -0.390. The van der Waals surface area contributed by atoms with Crippen molar-refractivity contribution in [3.05, 3.63) is 20.8 Å². The van der Waals surface area contributed by atoms with Crippen LogP contribution < -0.4 is 5.32 Å². The molecule has 1 unspecified atom stereocenters. The minimum absolute atomic E-state index is 0.0553. The van der Waals surface area contributed by atoms with Gasteiger partial charge in [-0.05, 0) is 35.0 Å². The monoisotopic (exact) mass is 277 g/mol. The highest BCUT2D eigenvalue weighted by Gasteiger charge is 2.06. The Bertz CT molecular complexity index is 312. The van der Waals surface area contributed by atoms with Gasteiger partial charge in [-0.2, -0.15) is 0 Å². The molecule has 0 saturated carbocycles. The van der Waals surface area contributed by atoms with Crippen molar-refractivity contribution in [1.82, 2.24) is 5.32 Å². The standard InChI is InChI=1S/C9H12BrNO2S/c1-6(12)5-11-9(13)4-7-2-3-8(10)14-7/h2-3,6,12H,4-5H2,1H3,(H,11,13). The molecule has 3 nitrogen and oxygen atoms in total. The van der Waals surface area contributed by atoms with E-state index in [1.54, 1.807) is 18.3 Å². The van der Waals surface area contributed by atoms with E-state index in [9.17, 15) is 4.79 Å². The van der Waals surface area contributed by atoms with E-state index >= 15 is 0 Å². The lowest BCUT2D eigenvalue weighted by molar-refractivity contribution is -0.120. The first-order chi connectivity index (χ1) is 6.58. The van der Waals surface area contributed by atoms with Crippen molar-refractivity contribution in [2.75, 3.05) is 6.54 Å². The average molecular weight is 278 g/mol. The van der Waals surface area contributed by atoms with Crippen LogP contribution in [0.15, 0.2) is 15.9 Å². The number of thiophene rings is 1. The van der Waals surface area contributed by atoms with Gasteiger partial charge >= 0.3 is 0 Å². The van der Waals surface area contributed by atoms with Crippen LogP contribution in [0.5, 0.6) is 0 Å². The van der Waals surface area contributed by atoms with Crippen molar-refractivity contribution in [1.29, 1.82) is 0 Å². The first-order valence-corrected chi connectivity index (χ1v) is 5.88. The Morgan fingerprint density at radius 1 is 1.71 bits per heavy atom. The fraction of sp³-hybridized carbons (Fsp3) is 0.444. The second-order valence-electron chi connectivity index (χ2n) is 3.04. The molecule has 1 amide bonds. The van der Waals surface area contributed by atoms with E-state index in [1.807, 2.05) is 12.1 Å². The summed E-state index contributed by atoms with van der Waals surface area (Å²) in [6, 6.07) is 3.83.